The number of esters is 1. The van der Waals surface area contributed by atoms with E-state index >= 15 is 0 Å². The lowest BCUT2D eigenvalue weighted by atomic mass is 10.1. The van der Waals surface area contributed by atoms with E-state index in [4.69, 9.17) is 4.74 Å². The molecule has 4 nitrogen and oxygen atoms in total. The van der Waals surface area contributed by atoms with Crippen LogP contribution in [0.25, 0.3) is 0 Å². The van der Waals surface area contributed by atoms with Gasteiger partial charge in [0, 0.05) is 25.0 Å². The Labute approximate surface area is 153 Å². The average Bonchev–Trinajstić information content (AvgIpc) is 3.09. The Kier molecular flexibility index (Phi) is 11.7. The van der Waals surface area contributed by atoms with Crippen LogP contribution in [-0.2, 0) is 16.1 Å². The minimum atomic E-state index is -0.389. The van der Waals surface area contributed by atoms with Gasteiger partial charge in [0.1, 0.15) is 5.82 Å². The van der Waals surface area contributed by atoms with Gasteiger partial charge in [-0.25, -0.2) is 9.78 Å². The number of hydrogen-bond donors (Lipinski definition) is 0. The van der Waals surface area contributed by atoms with Crippen molar-refractivity contribution in [2.45, 2.75) is 97.1 Å². The van der Waals surface area contributed by atoms with E-state index < -0.39 is 0 Å². The predicted octanol–water partition coefficient (Wildman–Crippen LogP) is 5.98. The van der Waals surface area contributed by atoms with Gasteiger partial charge in [0.2, 0.25) is 0 Å². The minimum absolute atomic E-state index is 0.288. The summed E-state index contributed by atoms with van der Waals surface area (Å²) in [4.78, 5) is 15.8. The number of ether oxygens (including phenoxy) is 1. The fourth-order valence-corrected chi connectivity index (χ4v) is 3.07. The summed E-state index contributed by atoms with van der Waals surface area (Å²) >= 11 is 0. The van der Waals surface area contributed by atoms with Gasteiger partial charge < -0.3 is 9.30 Å². The quantitative estimate of drug-likeness (QED) is 0.222. The second kappa shape index (κ2) is 13.7. The van der Waals surface area contributed by atoms with Crippen molar-refractivity contribution in [1.82, 2.24) is 9.55 Å². The molecule has 1 unspecified atom stereocenters. The van der Waals surface area contributed by atoms with Gasteiger partial charge in [-0.2, -0.15) is 0 Å². The van der Waals surface area contributed by atoms with E-state index in [2.05, 4.69) is 23.1 Å². The molecule has 1 aromatic rings. The van der Waals surface area contributed by atoms with Crippen molar-refractivity contribution in [3.63, 3.8) is 0 Å². The molecular weight excluding hydrogens is 312 g/mol. The highest BCUT2D eigenvalue weighted by Crippen LogP contribution is 2.20. The summed E-state index contributed by atoms with van der Waals surface area (Å²) in [6.45, 7) is 8.66. The van der Waals surface area contributed by atoms with Crippen molar-refractivity contribution in [1.29, 1.82) is 0 Å². The van der Waals surface area contributed by atoms with Crippen molar-refractivity contribution in [2.24, 2.45) is 0 Å². The van der Waals surface area contributed by atoms with Crippen molar-refractivity contribution < 1.29 is 9.53 Å². The lowest BCUT2D eigenvalue weighted by Gasteiger charge is -2.16. The molecule has 0 saturated carbocycles. The Balaban J connectivity index is 2.22. The van der Waals surface area contributed by atoms with Gasteiger partial charge in [-0.15, -0.1) is 0 Å². The Morgan fingerprint density at radius 3 is 2.28 bits per heavy atom. The first-order valence-electron chi connectivity index (χ1n) is 10.1. The number of unbranched alkanes of at least 4 members (excludes halogenated alkanes) is 9. The van der Waals surface area contributed by atoms with Crippen LogP contribution in [0.4, 0.5) is 0 Å². The minimum Gasteiger partial charge on any atom is -0.451 e. The third-order valence-corrected chi connectivity index (χ3v) is 4.58. The average molecular weight is 349 g/mol. The second-order valence-corrected chi connectivity index (χ2v) is 6.70. The zero-order valence-corrected chi connectivity index (χ0v) is 16.2. The largest absolute Gasteiger partial charge is 0.451 e. The molecule has 1 heterocycles. The molecule has 0 amide bonds. The maximum Gasteiger partial charge on any atom is 0.330 e. The van der Waals surface area contributed by atoms with E-state index in [0.29, 0.717) is 6.42 Å². The third-order valence-electron chi connectivity index (χ3n) is 4.58. The molecule has 0 aromatic carbocycles. The third kappa shape index (κ3) is 8.89. The topological polar surface area (TPSA) is 44.1 Å². The first kappa shape index (κ1) is 21.5. The summed E-state index contributed by atoms with van der Waals surface area (Å²) < 4.78 is 7.51. The zero-order chi connectivity index (χ0) is 18.3. The van der Waals surface area contributed by atoms with Gasteiger partial charge in [0.25, 0.3) is 0 Å². The van der Waals surface area contributed by atoms with Crippen molar-refractivity contribution in [2.75, 3.05) is 0 Å². The van der Waals surface area contributed by atoms with E-state index in [-0.39, 0.29) is 12.1 Å². The number of nitrogens with zero attached hydrogens (tertiary/aromatic N) is 2. The number of rotatable bonds is 15. The summed E-state index contributed by atoms with van der Waals surface area (Å²) in [7, 11) is 0. The molecule has 0 radical (unpaired) electrons. The molecule has 0 aliphatic rings. The van der Waals surface area contributed by atoms with Crippen LogP contribution in [0.15, 0.2) is 25.0 Å². The van der Waals surface area contributed by atoms with E-state index in [9.17, 15) is 4.79 Å². The molecule has 0 saturated heterocycles. The van der Waals surface area contributed by atoms with Crippen LogP contribution in [0.3, 0.4) is 0 Å². The summed E-state index contributed by atoms with van der Waals surface area (Å²) in [5.41, 5.74) is 0. The van der Waals surface area contributed by atoms with Crippen LogP contribution in [0.2, 0.25) is 0 Å². The molecule has 1 rings (SSSR count). The van der Waals surface area contributed by atoms with Crippen LogP contribution < -0.4 is 0 Å². The Hall–Kier alpha value is -1.58. The van der Waals surface area contributed by atoms with Crippen molar-refractivity contribution >= 4 is 5.97 Å². The Bertz CT molecular complexity index is 482. The standard InChI is InChI=1S/C21H36N2O2/c1-4-7-8-9-10-11-12-13-14-15-17-23-18-16-22-21(23)19(5-2)25-20(24)6-3/h6,16,18-19H,3-5,7-15,17H2,1-2H3. The molecule has 4 heteroatoms. The van der Waals surface area contributed by atoms with E-state index in [1.165, 1.54) is 63.9 Å². The molecule has 0 fully saturated rings. The molecule has 0 aliphatic carbocycles. The number of aromatic nitrogens is 2. The molecule has 142 valence electrons. The summed E-state index contributed by atoms with van der Waals surface area (Å²) in [6, 6.07) is 0. The number of imidazole rings is 1. The van der Waals surface area contributed by atoms with Crippen LogP contribution in [0, 0.1) is 0 Å². The number of hydrogen-bond acceptors (Lipinski definition) is 3. The lowest BCUT2D eigenvalue weighted by Crippen LogP contribution is -2.14. The van der Waals surface area contributed by atoms with Crippen molar-refractivity contribution in [3.05, 3.63) is 30.9 Å². The van der Waals surface area contributed by atoms with Crippen molar-refractivity contribution in [3.8, 4) is 0 Å². The van der Waals surface area contributed by atoms with Gasteiger partial charge in [0.15, 0.2) is 6.10 Å². The van der Waals surface area contributed by atoms with Gasteiger partial charge >= 0.3 is 5.97 Å². The smallest absolute Gasteiger partial charge is 0.330 e. The first-order chi connectivity index (χ1) is 12.2. The fraction of sp³-hybridized carbons (Fsp3) is 0.714. The normalized spacial score (nSPS) is 12.1. The number of aryl methyl sites for hydroxylation is 1. The predicted molar refractivity (Wildman–Crippen MR) is 103 cm³/mol. The number of carbonyl (C=O) groups is 1. The van der Waals surface area contributed by atoms with Crippen LogP contribution in [0.1, 0.15) is 96.4 Å². The highest BCUT2D eigenvalue weighted by atomic mass is 16.5. The van der Waals surface area contributed by atoms with Crippen LogP contribution in [0.5, 0.6) is 0 Å². The molecule has 0 spiro atoms. The monoisotopic (exact) mass is 348 g/mol. The molecule has 1 atom stereocenters. The fourth-order valence-electron chi connectivity index (χ4n) is 3.07. The zero-order valence-electron chi connectivity index (χ0n) is 16.2. The van der Waals surface area contributed by atoms with Gasteiger partial charge in [-0.05, 0) is 12.8 Å². The lowest BCUT2D eigenvalue weighted by molar-refractivity contribution is -0.144. The molecule has 25 heavy (non-hydrogen) atoms. The molecule has 0 N–H and O–H groups in total. The van der Waals surface area contributed by atoms with Crippen LogP contribution in [-0.4, -0.2) is 15.5 Å². The molecule has 0 aliphatic heterocycles. The van der Waals surface area contributed by atoms with Gasteiger partial charge in [0.05, 0.1) is 0 Å². The summed E-state index contributed by atoms with van der Waals surface area (Å²) in [6.07, 6.45) is 18.7. The molecule has 0 bridgehead atoms. The highest BCUT2D eigenvalue weighted by molar-refractivity contribution is 5.81. The highest BCUT2D eigenvalue weighted by Gasteiger charge is 2.18. The van der Waals surface area contributed by atoms with Gasteiger partial charge in [-0.3, -0.25) is 0 Å². The van der Waals surface area contributed by atoms with Gasteiger partial charge in [-0.1, -0.05) is 78.2 Å². The van der Waals surface area contributed by atoms with E-state index in [1.54, 1.807) is 6.20 Å². The Morgan fingerprint density at radius 1 is 1.12 bits per heavy atom. The maximum atomic E-state index is 11.5. The Morgan fingerprint density at radius 2 is 1.72 bits per heavy atom. The van der Waals surface area contributed by atoms with E-state index in [0.717, 1.165) is 18.8 Å². The SMILES string of the molecule is C=CC(=O)OC(CC)c1nccn1CCCCCCCCCCCC. The summed E-state index contributed by atoms with van der Waals surface area (Å²) in [5, 5.41) is 0. The summed E-state index contributed by atoms with van der Waals surface area (Å²) in [5.74, 6) is 0.453. The maximum absolute atomic E-state index is 11.5. The molecular formula is C21H36N2O2. The first-order valence-corrected chi connectivity index (χ1v) is 10.1. The van der Waals surface area contributed by atoms with E-state index in [1.807, 2.05) is 13.1 Å². The van der Waals surface area contributed by atoms with Crippen LogP contribution >= 0.6 is 0 Å². The molecule has 1 aromatic heterocycles. The number of carbonyl (C=O) groups excluding carboxylic acids is 1. The second-order valence-electron chi connectivity index (χ2n) is 6.70.